The number of carbonyl (C=O) groups excluding carboxylic acids is 1. The summed E-state index contributed by atoms with van der Waals surface area (Å²) < 4.78 is 0. The number of nitrogens with zero attached hydrogens (tertiary/aromatic N) is 2. The molecule has 1 saturated carbocycles. The molecule has 1 amide bonds. The Morgan fingerprint density at radius 1 is 0.794 bits per heavy atom. The summed E-state index contributed by atoms with van der Waals surface area (Å²) in [6.45, 7) is 0. The van der Waals surface area contributed by atoms with E-state index >= 15 is 0 Å². The van der Waals surface area contributed by atoms with Gasteiger partial charge in [-0.2, -0.15) is 0 Å². The fourth-order valence-corrected chi connectivity index (χ4v) is 7.71. The van der Waals surface area contributed by atoms with Gasteiger partial charge in [0.25, 0.3) is 5.91 Å². The van der Waals surface area contributed by atoms with Gasteiger partial charge in [-0.1, -0.05) is 115 Å². The van der Waals surface area contributed by atoms with E-state index in [4.69, 9.17) is 28.0 Å². The fraction of sp³-hybridized carbons (Fsp3) is 0.296. The number of carbonyl (C=O) groups is 1. The largest absolute Gasteiger partial charge is 0.279 e. The second kappa shape index (κ2) is 8.28. The van der Waals surface area contributed by atoms with E-state index in [0.717, 1.165) is 48.9 Å². The molecular weight excluding hydrogens is 487 g/mol. The molecule has 2 atom stereocenters. The Morgan fingerprint density at radius 2 is 1.38 bits per heavy atom. The molecule has 7 heteroatoms. The van der Waals surface area contributed by atoms with Gasteiger partial charge in [-0.3, -0.25) is 14.5 Å². The van der Waals surface area contributed by atoms with E-state index in [2.05, 4.69) is 12.1 Å². The Balaban J connectivity index is 1.62. The first-order valence-corrected chi connectivity index (χ1v) is 13.2. The summed E-state index contributed by atoms with van der Waals surface area (Å²) >= 11 is 15.1. The second-order valence-corrected chi connectivity index (χ2v) is 11.5. The van der Waals surface area contributed by atoms with Gasteiger partial charge in [-0.15, -0.1) is 5.06 Å². The molecule has 0 spiro atoms. The summed E-state index contributed by atoms with van der Waals surface area (Å²) in [5.41, 5.74) is 2.51. The van der Waals surface area contributed by atoms with Gasteiger partial charge in [0.1, 0.15) is 5.00 Å². The lowest BCUT2D eigenvalue weighted by atomic mass is 9.92. The van der Waals surface area contributed by atoms with Crippen molar-refractivity contribution in [1.82, 2.24) is 5.06 Å². The predicted molar refractivity (Wildman–Crippen MR) is 137 cm³/mol. The lowest BCUT2D eigenvalue weighted by Crippen LogP contribution is -2.65. The van der Waals surface area contributed by atoms with Crippen LogP contribution in [0.25, 0.3) is 0 Å². The third kappa shape index (κ3) is 3.18. The Kier molecular flexibility index (Phi) is 5.47. The highest BCUT2D eigenvalue weighted by Crippen LogP contribution is 2.70. The van der Waals surface area contributed by atoms with Crippen molar-refractivity contribution in [1.29, 1.82) is 0 Å². The number of rotatable bonds is 4. The molecule has 3 aliphatic rings. The van der Waals surface area contributed by atoms with E-state index in [1.807, 2.05) is 82.8 Å². The molecule has 174 valence electrons. The molecule has 0 unspecified atom stereocenters. The molecule has 3 aromatic rings. The van der Waals surface area contributed by atoms with Crippen LogP contribution in [0.5, 0.6) is 0 Å². The first kappa shape index (κ1) is 22.4. The average Bonchev–Trinajstić information content (AvgIpc) is 3.38. The molecular formula is C27H24Cl2N2O2S. The highest BCUT2D eigenvalue weighted by Gasteiger charge is 2.76. The summed E-state index contributed by atoms with van der Waals surface area (Å²) in [7, 11) is 0. The van der Waals surface area contributed by atoms with E-state index in [9.17, 15) is 4.79 Å². The zero-order valence-corrected chi connectivity index (χ0v) is 20.8. The molecule has 6 rings (SSSR count). The molecule has 0 N–H and O–H groups in total. The molecule has 4 nitrogen and oxygen atoms in total. The van der Waals surface area contributed by atoms with E-state index in [1.54, 1.807) is 0 Å². The van der Waals surface area contributed by atoms with E-state index in [1.165, 1.54) is 11.8 Å². The van der Waals surface area contributed by atoms with Crippen molar-refractivity contribution >= 4 is 46.6 Å². The lowest BCUT2D eigenvalue weighted by Gasteiger charge is -2.51. The number of hydrogen-bond acceptors (Lipinski definition) is 4. The van der Waals surface area contributed by atoms with Crippen LogP contribution < -0.4 is 4.90 Å². The molecule has 3 aromatic carbocycles. The molecule has 0 radical (unpaired) electrons. The maximum absolute atomic E-state index is 14.4. The van der Waals surface area contributed by atoms with E-state index < -0.39 is 14.9 Å². The maximum atomic E-state index is 14.4. The minimum absolute atomic E-state index is 0.123. The third-order valence-corrected chi connectivity index (χ3v) is 9.37. The summed E-state index contributed by atoms with van der Waals surface area (Å²) in [6, 6.07) is 27.2. The van der Waals surface area contributed by atoms with Crippen LogP contribution in [0.1, 0.15) is 43.2 Å². The zero-order valence-electron chi connectivity index (χ0n) is 18.5. The number of hydroxylamine groups is 2. The van der Waals surface area contributed by atoms with Crippen molar-refractivity contribution in [3.63, 3.8) is 0 Å². The Bertz CT molecular complexity index is 1200. The van der Waals surface area contributed by atoms with Crippen LogP contribution in [0.4, 0.5) is 5.69 Å². The minimum atomic E-state index is -1.24. The molecule has 1 aliphatic carbocycles. The molecule has 2 aliphatic heterocycles. The summed E-state index contributed by atoms with van der Waals surface area (Å²) in [5.74, 6) is -0.123. The molecule has 34 heavy (non-hydrogen) atoms. The van der Waals surface area contributed by atoms with Gasteiger partial charge >= 0.3 is 0 Å². The van der Waals surface area contributed by atoms with Gasteiger partial charge in [0.15, 0.2) is 0 Å². The Labute approximate surface area is 213 Å². The van der Waals surface area contributed by atoms with Crippen molar-refractivity contribution in [3.05, 3.63) is 101 Å². The maximum Gasteiger partial charge on any atom is 0.279 e. The Hall–Kier alpha value is -2.02. The number of benzene rings is 3. The van der Waals surface area contributed by atoms with Crippen molar-refractivity contribution in [3.8, 4) is 0 Å². The van der Waals surface area contributed by atoms with Crippen LogP contribution in [0.3, 0.4) is 0 Å². The monoisotopic (exact) mass is 510 g/mol. The predicted octanol–water partition coefficient (Wildman–Crippen LogP) is 7.23. The van der Waals surface area contributed by atoms with Gasteiger partial charge in [-0.05, 0) is 37.1 Å². The van der Waals surface area contributed by atoms with Crippen molar-refractivity contribution < 1.29 is 9.63 Å². The highest BCUT2D eigenvalue weighted by atomic mass is 35.5. The number of anilines is 1. The van der Waals surface area contributed by atoms with Crippen LogP contribution in [0, 0.1) is 0 Å². The van der Waals surface area contributed by atoms with Gasteiger partial charge in [-0.25, -0.2) is 0 Å². The third-order valence-electron chi connectivity index (χ3n) is 6.94. The van der Waals surface area contributed by atoms with Crippen LogP contribution in [-0.4, -0.2) is 16.0 Å². The van der Waals surface area contributed by atoms with E-state index in [-0.39, 0.29) is 5.91 Å². The topological polar surface area (TPSA) is 32.8 Å². The number of hydrogen-bond donors (Lipinski definition) is 0. The highest BCUT2D eigenvalue weighted by molar-refractivity contribution is 8.02. The average molecular weight is 511 g/mol. The van der Waals surface area contributed by atoms with Crippen molar-refractivity contribution in [2.75, 3.05) is 4.90 Å². The van der Waals surface area contributed by atoms with Crippen LogP contribution in [-0.2, 0) is 19.6 Å². The van der Waals surface area contributed by atoms with Crippen molar-refractivity contribution in [2.24, 2.45) is 0 Å². The molecule has 2 saturated heterocycles. The van der Waals surface area contributed by atoms with E-state index in [0.29, 0.717) is 5.02 Å². The molecule has 3 fully saturated rings. The van der Waals surface area contributed by atoms with Crippen LogP contribution in [0.2, 0.25) is 5.02 Å². The van der Waals surface area contributed by atoms with Gasteiger partial charge in [0.05, 0.1) is 0 Å². The number of halogens is 2. The number of thioether (sulfide) groups is 1. The zero-order chi connectivity index (χ0) is 23.4. The molecule has 2 heterocycles. The summed E-state index contributed by atoms with van der Waals surface area (Å²) in [4.78, 5) is 20.0. The van der Waals surface area contributed by atoms with Gasteiger partial charge in [0, 0.05) is 21.8 Å². The standard InChI is InChI=1S/C27H24Cl2N2O2S/c28-22-14-16-23(17-15-22)30-24(32)26(20-10-4-1-5-11-20)33-31(25(29)18-8-3-9-19-25)27(30,34-26)21-12-6-2-7-13-21/h1-2,4-7,10-17H,3,8-9,18-19H2/t26-,27+/m1/s1. The molecule has 0 aromatic heterocycles. The SMILES string of the molecule is O=C1N(c2ccc(Cl)cc2)[C@]2(c3ccccc3)S[C@@]1(c1ccccc1)ON2C1(Cl)CCCCC1. The second-order valence-electron chi connectivity index (χ2n) is 9.04. The van der Waals surface area contributed by atoms with Gasteiger partial charge < -0.3 is 0 Å². The van der Waals surface area contributed by atoms with Crippen LogP contribution >= 0.6 is 35.0 Å². The van der Waals surface area contributed by atoms with Gasteiger partial charge in [0.2, 0.25) is 9.93 Å². The van der Waals surface area contributed by atoms with Crippen molar-refractivity contribution in [2.45, 2.75) is 47.0 Å². The quantitative estimate of drug-likeness (QED) is 0.273. The summed E-state index contributed by atoms with van der Waals surface area (Å²) in [6.07, 6.45) is 4.77. The number of alkyl halides is 1. The normalized spacial score (nSPS) is 28.4. The molecule has 2 bridgehead atoms. The smallest absolute Gasteiger partial charge is 0.274 e. The number of fused-ring (bicyclic) bond motifs is 2. The first-order valence-electron chi connectivity index (χ1n) is 11.6. The summed E-state index contributed by atoms with van der Waals surface area (Å²) in [5, 5.41) is 2.55. The fourth-order valence-electron chi connectivity index (χ4n) is 5.34. The Morgan fingerprint density at radius 3 is 2.00 bits per heavy atom. The first-order chi connectivity index (χ1) is 16.5. The van der Waals surface area contributed by atoms with Crippen LogP contribution in [0.15, 0.2) is 84.9 Å². The number of amides is 1. The lowest BCUT2D eigenvalue weighted by molar-refractivity contribution is -0.276. The minimum Gasteiger partial charge on any atom is -0.274 e.